The van der Waals surface area contributed by atoms with Gasteiger partial charge in [0.1, 0.15) is 0 Å². The van der Waals surface area contributed by atoms with Gasteiger partial charge >= 0.3 is 0 Å². The number of benzene rings is 2. The van der Waals surface area contributed by atoms with Crippen LogP contribution in [0.1, 0.15) is 38.5 Å². The Labute approximate surface area is 221 Å². The van der Waals surface area contributed by atoms with Crippen molar-refractivity contribution in [2.45, 2.75) is 19.9 Å². The van der Waals surface area contributed by atoms with E-state index in [1.54, 1.807) is 0 Å². The maximum absolute atomic E-state index is 13.1. The van der Waals surface area contributed by atoms with Crippen molar-refractivity contribution in [2.24, 2.45) is 0 Å². The molecule has 0 atom stereocenters. The van der Waals surface area contributed by atoms with Crippen LogP contribution in [0.4, 0.5) is 5.69 Å². The first-order valence-electron chi connectivity index (χ1n) is 12.5. The molecule has 0 aliphatic carbocycles. The molecule has 2 aromatic carbocycles. The van der Waals surface area contributed by atoms with E-state index in [0.29, 0.717) is 6.42 Å². The largest absolute Gasteiger partial charge is 0.321 e. The minimum Gasteiger partial charge on any atom is -0.321 e. The van der Waals surface area contributed by atoms with E-state index in [4.69, 9.17) is 5.26 Å². The summed E-state index contributed by atoms with van der Waals surface area (Å²) < 4.78 is 0. The summed E-state index contributed by atoms with van der Waals surface area (Å²) in [5.41, 5.74) is 5.71. The molecule has 1 amide bonds. The number of aryl methyl sites for hydroxylation is 1. The molecule has 0 spiro atoms. The van der Waals surface area contributed by atoms with E-state index in [-0.39, 0.29) is 5.91 Å². The predicted octanol–water partition coefficient (Wildman–Crippen LogP) is 5.39. The van der Waals surface area contributed by atoms with Crippen LogP contribution in [0.5, 0.6) is 0 Å². The van der Waals surface area contributed by atoms with E-state index in [1.807, 2.05) is 54.8 Å². The number of rotatable bonds is 8. The molecule has 0 unspecified atom stereocenters. The van der Waals surface area contributed by atoms with Gasteiger partial charge < -0.3 is 5.32 Å². The lowest BCUT2D eigenvalue weighted by molar-refractivity contribution is 0.103. The molecule has 188 valence electrons. The molecular formula is C29H30N6OS. The Kier molecular flexibility index (Phi) is 7.76. The van der Waals surface area contributed by atoms with Crippen molar-refractivity contribution >= 4 is 46.0 Å². The van der Waals surface area contributed by atoms with E-state index < -0.39 is 0 Å². The Hall–Kier alpha value is -3.77. The zero-order chi connectivity index (χ0) is 25.6. The van der Waals surface area contributed by atoms with Crippen LogP contribution in [0, 0.1) is 18.3 Å². The number of thiophene rings is 1. The summed E-state index contributed by atoms with van der Waals surface area (Å²) in [6.07, 6.45) is 4.58. The highest BCUT2D eigenvalue weighted by atomic mass is 32.1. The summed E-state index contributed by atoms with van der Waals surface area (Å²) in [4.78, 5) is 18.6. The van der Waals surface area contributed by atoms with Gasteiger partial charge in [-0.2, -0.15) is 10.4 Å². The zero-order valence-electron chi connectivity index (χ0n) is 20.9. The second-order valence-electron chi connectivity index (χ2n) is 9.32. The number of hydrogen-bond donors (Lipinski definition) is 2. The highest BCUT2D eigenvalue weighted by molar-refractivity contribution is 7.12. The van der Waals surface area contributed by atoms with Gasteiger partial charge in [0.25, 0.3) is 5.91 Å². The monoisotopic (exact) mass is 510 g/mol. The van der Waals surface area contributed by atoms with E-state index in [0.717, 1.165) is 83.1 Å². The molecule has 0 saturated carbocycles. The van der Waals surface area contributed by atoms with Crippen molar-refractivity contribution in [3.8, 4) is 6.07 Å². The van der Waals surface area contributed by atoms with Gasteiger partial charge in [-0.25, -0.2) is 0 Å². The number of nitrogens with zero attached hydrogens (tertiary/aromatic N) is 4. The fourth-order valence-corrected chi connectivity index (χ4v) is 5.48. The van der Waals surface area contributed by atoms with Crippen molar-refractivity contribution in [2.75, 3.05) is 38.0 Å². The molecule has 8 heteroatoms. The number of para-hydroxylation sites is 1. The number of anilines is 1. The van der Waals surface area contributed by atoms with Crippen LogP contribution in [0.2, 0.25) is 0 Å². The molecule has 1 saturated heterocycles. The lowest BCUT2D eigenvalue weighted by Crippen LogP contribution is -2.46. The lowest BCUT2D eigenvalue weighted by atomic mass is 10.1. The van der Waals surface area contributed by atoms with Crippen LogP contribution in [0.25, 0.3) is 23.1 Å². The number of hydrogen-bond acceptors (Lipinski definition) is 6. The number of fused-ring (bicyclic) bond motifs is 1. The third kappa shape index (κ3) is 5.97. The fraction of sp³-hybridized carbons (Fsp3) is 0.276. The number of amides is 1. The number of H-pyrrole nitrogens is 1. The average Bonchev–Trinajstić information content (AvgIpc) is 3.54. The fourth-order valence-electron chi connectivity index (χ4n) is 4.66. The van der Waals surface area contributed by atoms with E-state index in [9.17, 15) is 4.79 Å². The molecular weight excluding hydrogens is 480 g/mol. The van der Waals surface area contributed by atoms with Gasteiger partial charge in [-0.3, -0.25) is 19.7 Å². The number of piperazine rings is 1. The molecule has 1 aliphatic rings. The normalized spacial score (nSPS) is 14.8. The third-order valence-electron chi connectivity index (χ3n) is 6.77. The first-order chi connectivity index (χ1) is 18.1. The van der Waals surface area contributed by atoms with Gasteiger partial charge in [-0.05, 0) is 53.3 Å². The van der Waals surface area contributed by atoms with Gasteiger partial charge in [0, 0.05) is 56.8 Å². The van der Waals surface area contributed by atoms with Gasteiger partial charge in [-0.15, -0.1) is 11.3 Å². The van der Waals surface area contributed by atoms with Crippen molar-refractivity contribution in [3.05, 3.63) is 81.2 Å². The molecule has 0 bridgehead atoms. The summed E-state index contributed by atoms with van der Waals surface area (Å²) in [6.45, 7) is 7.51. The number of carbonyl (C=O) groups is 1. The van der Waals surface area contributed by atoms with Crippen molar-refractivity contribution in [1.82, 2.24) is 20.0 Å². The Morgan fingerprint density at radius 3 is 2.73 bits per heavy atom. The van der Waals surface area contributed by atoms with Crippen LogP contribution in [-0.4, -0.2) is 58.6 Å². The molecule has 1 aliphatic heterocycles. The van der Waals surface area contributed by atoms with Gasteiger partial charge in [0.05, 0.1) is 22.2 Å². The van der Waals surface area contributed by atoms with Crippen LogP contribution >= 0.6 is 11.3 Å². The summed E-state index contributed by atoms with van der Waals surface area (Å²) in [7, 11) is 0. The number of carbonyl (C=O) groups excluding carboxylic acids is 1. The first kappa shape index (κ1) is 24.9. The van der Waals surface area contributed by atoms with Crippen LogP contribution < -0.4 is 5.32 Å². The van der Waals surface area contributed by atoms with Gasteiger partial charge in [0.15, 0.2) is 0 Å². The van der Waals surface area contributed by atoms with Crippen molar-refractivity contribution < 1.29 is 4.79 Å². The molecule has 0 radical (unpaired) electrons. The standard InChI is InChI=1S/C29H30N6OS/c1-21-11-18-37-28(21)29(36)31-27-19-22(20-35-16-14-34(15-17-35)13-4-12-30)7-8-23(27)9-10-26-24-5-2-3-6-25(24)32-33-26/h2-3,5-11,18-19H,4,13-17,20H2,1H3,(H,31,36)(H,32,33)/b10-9+. The Balaban J connectivity index is 1.36. The quantitative estimate of drug-likeness (QED) is 0.332. The highest BCUT2D eigenvalue weighted by Gasteiger charge is 2.18. The Bertz CT molecular complexity index is 1450. The second kappa shape index (κ2) is 11.5. The number of aromatic amines is 1. The Morgan fingerprint density at radius 2 is 1.95 bits per heavy atom. The highest BCUT2D eigenvalue weighted by Crippen LogP contribution is 2.25. The second-order valence-corrected chi connectivity index (χ2v) is 10.2. The maximum Gasteiger partial charge on any atom is 0.266 e. The third-order valence-corrected chi connectivity index (χ3v) is 7.78. The van der Waals surface area contributed by atoms with Gasteiger partial charge in [-0.1, -0.05) is 36.4 Å². The topological polar surface area (TPSA) is 88.1 Å². The predicted molar refractivity (Wildman–Crippen MR) is 150 cm³/mol. The molecule has 5 rings (SSSR count). The molecule has 4 aromatic rings. The number of nitriles is 1. The SMILES string of the molecule is Cc1ccsc1C(=O)Nc1cc(CN2CCN(CCC#N)CC2)ccc1/C=C/c1n[nH]c2ccccc12. The Morgan fingerprint density at radius 1 is 1.14 bits per heavy atom. The van der Waals surface area contributed by atoms with E-state index in [1.165, 1.54) is 11.3 Å². The first-order valence-corrected chi connectivity index (χ1v) is 13.4. The summed E-state index contributed by atoms with van der Waals surface area (Å²) in [5.74, 6) is -0.0874. The molecule has 2 N–H and O–H groups in total. The zero-order valence-corrected chi connectivity index (χ0v) is 21.7. The lowest BCUT2D eigenvalue weighted by Gasteiger charge is -2.34. The van der Waals surface area contributed by atoms with E-state index in [2.05, 4.69) is 49.6 Å². The minimum absolute atomic E-state index is 0.0874. The van der Waals surface area contributed by atoms with Crippen LogP contribution in [0.15, 0.2) is 53.9 Å². The molecule has 7 nitrogen and oxygen atoms in total. The van der Waals surface area contributed by atoms with Crippen molar-refractivity contribution in [1.29, 1.82) is 5.26 Å². The van der Waals surface area contributed by atoms with E-state index >= 15 is 0 Å². The summed E-state index contributed by atoms with van der Waals surface area (Å²) >= 11 is 1.46. The van der Waals surface area contributed by atoms with Gasteiger partial charge in [0.2, 0.25) is 0 Å². The van der Waals surface area contributed by atoms with Crippen LogP contribution in [-0.2, 0) is 6.54 Å². The summed E-state index contributed by atoms with van der Waals surface area (Å²) in [5, 5.41) is 22.5. The smallest absolute Gasteiger partial charge is 0.266 e. The molecule has 1 fully saturated rings. The molecule has 3 heterocycles. The minimum atomic E-state index is -0.0874. The number of nitrogens with one attached hydrogen (secondary N) is 2. The number of aromatic nitrogens is 2. The molecule has 2 aromatic heterocycles. The molecule has 37 heavy (non-hydrogen) atoms. The average molecular weight is 511 g/mol. The van der Waals surface area contributed by atoms with Crippen molar-refractivity contribution in [3.63, 3.8) is 0 Å². The van der Waals surface area contributed by atoms with Crippen LogP contribution in [0.3, 0.4) is 0 Å². The summed E-state index contributed by atoms with van der Waals surface area (Å²) in [6, 6.07) is 18.5. The maximum atomic E-state index is 13.1.